The van der Waals surface area contributed by atoms with E-state index in [0.29, 0.717) is 36.2 Å². The third-order valence-corrected chi connectivity index (χ3v) is 5.41. The number of hydrogen-bond acceptors (Lipinski definition) is 6. The molecular formula is C20H25FN6O. The predicted molar refractivity (Wildman–Crippen MR) is 108 cm³/mol. The van der Waals surface area contributed by atoms with E-state index in [1.807, 2.05) is 24.3 Å². The second-order valence-electron chi connectivity index (χ2n) is 7.43. The van der Waals surface area contributed by atoms with Crippen LogP contribution in [0, 0.1) is 0 Å². The Morgan fingerprint density at radius 2 is 1.86 bits per heavy atom. The van der Waals surface area contributed by atoms with E-state index in [-0.39, 0.29) is 0 Å². The molecule has 0 bridgehead atoms. The number of anilines is 4. The maximum atomic E-state index is 13.3. The van der Waals surface area contributed by atoms with E-state index in [0.717, 1.165) is 37.3 Å². The van der Waals surface area contributed by atoms with Crippen LogP contribution >= 0.6 is 0 Å². The molecule has 28 heavy (non-hydrogen) atoms. The standard InChI is InChI=1S/C20H25FN6O/c21-13-8-10-27(11-9-13)16-6-4-15(5-7-16)25-20-23-12-17(18(22)28)19(26-20)24-14-2-1-3-14/h4-7,12-14H,1-3,8-11H2,(H2,22,28)(H2,23,24,25,26). The van der Waals surface area contributed by atoms with Crippen LogP contribution in [0.15, 0.2) is 30.5 Å². The maximum absolute atomic E-state index is 13.3. The molecule has 1 saturated heterocycles. The lowest BCUT2D eigenvalue weighted by atomic mass is 9.93. The Bertz CT molecular complexity index is 831. The van der Waals surface area contributed by atoms with E-state index in [4.69, 9.17) is 5.73 Å². The summed E-state index contributed by atoms with van der Waals surface area (Å²) in [7, 11) is 0. The molecule has 148 valence electrons. The van der Waals surface area contributed by atoms with E-state index < -0.39 is 12.1 Å². The second kappa shape index (κ2) is 8.00. The number of benzene rings is 1. The minimum absolute atomic E-state index is 0.295. The Morgan fingerprint density at radius 3 is 2.46 bits per heavy atom. The first-order valence-corrected chi connectivity index (χ1v) is 9.78. The lowest BCUT2D eigenvalue weighted by Crippen LogP contribution is -2.34. The van der Waals surface area contributed by atoms with Crippen LogP contribution in [-0.2, 0) is 0 Å². The molecule has 4 rings (SSSR count). The summed E-state index contributed by atoms with van der Waals surface area (Å²) in [6.45, 7) is 1.48. The molecule has 2 aromatic rings. The molecule has 0 spiro atoms. The molecule has 2 heterocycles. The van der Waals surface area contributed by atoms with E-state index >= 15 is 0 Å². The summed E-state index contributed by atoms with van der Waals surface area (Å²) in [5.41, 5.74) is 7.65. The van der Waals surface area contributed by atoms with Gasteiger partial charge in [-0.05, 0) is 56.4 Å². The molecule has 1 aromatic heterocycles. The van der Waals surface area contributed by atoms with Gasteiger partial charge in [-0.15, -0.1) is 0 Å². The molecular weight excluding hydrogens is 359 g/mol. The van der Waals surface area contributed by atoms with Crippen LogP contribution in [0.5, 0.6) is 0 Å². The Morgan fingerprint density at radius 1 is 1.14 bits per heavy atom. The van der Waals surface area contributed by atoms with Crippen LogP contribution in [0.1, 0.15) is 42.5 Å². The first-order chi connectivity index (χ1) is 13.6. The van der Waals surface area contributed by atoms with E-state index in [1.54, 1.807) is 0 Å². The molecule has 0 unspecified atom stereocenters. The van der Waals surface area contributed by atoms with Crippen molar-refractivity contribution in [2.75, 3.05) is 28.6 Å². The molecule has 1 aromatic carbocycles. The quantitative estimate of drug-likeness (QED) is 0.708. The Hall–Kier alpha value is -2.90. The highest BCUT2D eigenvalue weighted by Crippen LogP contribution is 2.26. The third kappa shape index (κ3) is 4.16. The van der Waals surface area contributed by atoms with Gasteiger partial charge in [0, 0.05) is 36.7 Å². The number of primary amides is 1. The van der Waals surface area contributed by atoms with Crippen molar-refractivity contribution in [3.8, 4) is 0 Å². The summed E-state index contributed by atoms with van der Waals surface area (Å²) in [6.07, 6.45) is 5.23. The highest BCUT2D eigenvalue weighted by Gasteiger charge is 2.21. The van der Waals surface area contributed by atoms with Crippen LogP contribution in [0.2, 0.25) is 0 Å². The first-order valence-electron chi connectivity index (χ1n) is 9.78. The van der Waals surface area contributed by atoms with Crippen molar-refractivity contribution in [1.29, 1.82) is 0 Å². The van der Waals surface area contributed by atoms with Crippen LogP contribution in [0.3, 0.4) is 0 Å². The van der Waals surface area contributed by atoms with Crippen molar-refractivity contribution in [1.82, 2.24) is 9.97 Å². The molecule has 8 heteroatoms. The average molecular weight is 384 g/mol. The number of carbonyl (C=O) groups is 1. The van der Waals surface area contributed by atoms with Gasteiger partial charge in [-0.25, -0.2) is 9.37 Å². The summed E-state index contributed by atoms with van der Waals surface area (Å²) in [5, 5.41) is 6.44. The number of piperidine rings is 1. The number of alkyl halides is 1. The summed E-state index contributed by atoms with van der Waals surface area (Å²) in [5.74, 6) is 0.327. The minimum Gasteiger partial charge on any atom is -0.371 e. The van der Waals surface area contributed by atoms with Crippen LogP contribution in [-0.4, -0.2) is 41.2 Å². The van der Waals surface area contributed by atoms with Gasteiger partial charge in [-0.1, -0.05) is 0 Å². The Balaban J connectivity index is 1.46. The van der Waals surface area contributed by atoms with Gasteiger partial charge in [-0.3, -0.25) is 4.79 Å². The molecule has 2 fully saturated rings. The fourth-order valence-corrected chi connectivity index (χ4v) is 3.47. The number of nitrogens with zero attached hydrogens (tertiary/aromatic N) is 3. The fraction of sp³-hybridized carbons (Fsp3) is 0.450. The summed E-state index contributed by atoms with van der Waals surface area (Å²) in [6, 6.07) is 8.23. The molecule has 1 aliphatic heterocycles. The second-order valence-corrected chi connectivity index (χ2v) is 7.43. The number of halogens is 1. The molecule has 4 N–H and O–H groups in total. The highest BCUT2D eigenvalue weighted by atomic mass is 19.1. The van der Waals surface area contributed by atoms with Crippen molar-refractivity contribution in [3.63, 3.8) is 0 Å². The SMILES string of the molecule is NC(=O)c1cnc(Nc2ccc(N3CCC(F)CC3)cc2)nc1NC1CCC1. The lowest BCUT2D eigenvalue weighted by Gasteiger charge is -2.30. The summed E-state index contributed by atoms with van der Waals surface area (Å²) >= 11 is 0. The van der Waals surface area contributed by atoms with Crippen molar-refractivity contribution >= 4 is 29.0 Å². The smallest absolute Gasteiger partial charge is 0.254 e. The predicted octanol–water partition coefficient (Wildman–Crippen LogP) is 3.22. The number of hydrogen-bond donors (Lipinski definition) is 3. The molecule has 0 atom stereocenters. The maximum Gasteiger partial charge on any atom is 0.254 e. The number of aromatic nitrogens is 2. The number of nitrogens with one attached hydrogen (secondary N) is 2. The van der Waals surface area contributed by atoms with Gasteiger partial charge >= 0.3 is 0 Å². The largest absolute Gasteiger partial charge is 0.371 e. The van der Waals surface area contributed by atoms with Gasteiger partial charge in [0.2, 0.25) is 5.95 Å². The van der Waals surface area contributed by atoms with Gasteiger partial charge in [0.15, 0.2) is 0 Å². The average Bonchev–Trinajstić information content (AvgIpc) is 2.66. The van der Waals surface area contributed by atoms with Gasteiger partial charge in [0.25, 0.3) is 5.91 Å². The van der Waals surface area contributed by atoms with E-state index in [1.165, 1.54) is 12.6 Å². The van der Waals surface area contributed by atoms with E-state index in [9.17, 15) is 9.18 Å². The van der Waals surface area contributed by atoms with Gasteiger partial charge in [0.1, 0.15) is 12.0 Å². The highest BCUT2D eigenvalue weighted by molar-refractivity contribution is 5.97. The van der Waals surface area contributed by atoms with Gasteiger partial charge < -0.3 is 21.3 Å². The molecule has 1 aliphatic carbocycles. The monoisotopic (exact) mass is 384 g/mol. The van der Waals surface area contributed by atoms with Gasteiger partial charge in [0.05, 0.1) is 5.56 Å². The first kappa shape index (κ1) is 18.5. The molecule has 0 radical (unpaired) electrons. The zero-order valence-corrected chi connectivity index (χ0v) is 15.7. The summed E-state index contributed by atoms with van der Waals surface area (Å²) in [4.78, 5) is 22.5. The number of rotatable bonds is 6. The minimum atomic E-state index is -0.680. The molecule has 1 saturated carbocycles. The number of amides is 1. The number of carbonyl (C=O) groups excluding carboxylic acids is 1. The summed E-state index contributed by atoms with van der Waals surface area (Å²) < 4.78 is 13.3. The zero-order chi connectivity index (χ0) is 19.5. The van der Waals surface area contributed by atoms with Crippen LogP contribution in [0.4, 0.5) is 27.5 Å². The molecule has 1 amide bonds. The zero-order valence-electron chi connectivity index (χ0n) is 15.7. The Labute approximate surface area is 163 Å². The van der Waals surface area contributed by atoms with Crippen molar-refractivity contribution < 1.29 is 9.18 Å². The van der Waals surface area contributed by atoms with Crippen molar-refractivity contribution in [3.05, 3.63) is 36.0 Å². The van der Waals surface area contributed by atoms with Crippen LogP contribution < -0.4 is 21.3 Å². The molecule has 2 aliphatic rings. The molecule has 7 nitrogen and oxygen atoms in total. The fourth-order valence-electron chi connectivity index (χ4n) is 3.47. The van der Waals surface area contributed by atoms with Crippen molar-refractivity contribution in [2.45, 2.75) is 44.3 Å². The lowest BCUT2D eigenvalue weighted by molar-refractivity contribution is 0.100. The van der Waals surface area contributed by atoms with Gasteiger partial charge in [-0.2, -0.15) is 4.98 Å². The number of nitrogens with two attached hydrogens (primary N) is 1. The van der Waals surface area contributed by atoms with Crippen molar-refractivity contribution in [2.24, 2.45) is 5.73 Å². The topological polar surface area (TPSA) is 96.2 Å². The third-order valence-electron chi connectivity index (χ3n) is 5.41. The normalized spacial score (nSPS) is 17.8. The Kier molecular flexibility index (Phi) is 5.27. The van der Waals surface area contributed by atoms with E-state index in [2.05, 4.69) is 25.5 Å². The van der Waals surface area contributed by atoms with Crippen LogP contribution in [0.25, 0.3) is 0 Å².